The molecule has 2 amide bonds. The standard InChI is InChI=1S/C20H19N3O4/c1-12-3-4-13(2)16(9-12)23-19(24)8-6-15(22-23)20(25)21-14-5-7-17-18(10-14)27-11-26-17/h3-5,7,9-10H,6,8,11H2,1-2H3,(H,21,25). The molecule has 0 fully saturated rings. The van der Waals surface area contributed by atoms with Crippen molar-refractivity contribution >= 4 is 28.9 Å². The molecule has 0 spiro atoms. The van der Waals surface area contributed by atoms with Gasteiger partial charge in [0.25, 0.3) is 5.91 Å². The number of hydrogen-bond acceptors (Lipinski definition) is 5. The van der Waals surface area contributed by atoms with Crippen molar-refractivity contribution in [1.82, 2.24) is 0 Å². The molecule has 0 bridgehead atoms. The van der Waals surface area contributed by atoms with Crippen molar-refractivity contribution < 1.29 is 19.1 Å². The van der Waals surface area contributed by atoms with Crippen LogP contribution < -0.4 is 19.8 Å². The van der Waals surface area contributed by atoms with Gasteiger partial charge in [0.1, 0.15) is 5.71 Å². The number of anilines is 2. The Kier molecular flexibility index (Phi) is 4.27. The van der Waals surface area contributed by atoms with Gasteiger partial charge >= 0.3 is 0 Å². The molecule has 0 aliphatic carbocycles. The van der Waals surface area contributed by atoms with Gasteiger partial charge < -0.3 is 14.8 Å². The van der Waals surface area contributed by atoms with Crippen LogP contribution in [-0.2, 0) is 9.59 Å². The Labute approximate surface area is 156 Å². The molecule has 0 aromatic heterocycles. The molecule has 4 rings (SSSR count). The highest BCUT2D eigenvalue weighted by Gasteiger charge is 2.27. The van der Waals surface area contributed by atoms with Crippen LogP contribution in [0.4, 0.5) is 11.4 Å². The summed E-state index contributed by atoms with van der Waals surface area (Å²) in [5, 5.41) is 8.48. The molecule has 138 valence electrons. The maximum absolute atomic E-state index is 12.7. The lowest BCUT2D eigenvalue weighted by Crippen LogP contribution is -2.36. The second-order valence-corrected chi connectivity index (χ2v) is 6.56. The van der Waals surface area contributed by atoms with Gasteiger partial charge in [0.15, 0.2) is 11.5 Å². The minimum atomic E-state index is -0.336. The lowest BCUT2D eigenvalue weighted by Gasteiger charge is -2.24. The van der Waals surface area contributed by atoms with E-state index in [-0.39, 0.29) is 25.0 Å². The van der Waals surface area contributed by atoms with Gasteiger partial charge in [-0.2, -0.15) is 5.10 Å². The summed E-state index contributed by atoms with van der Waals surface area (Å²) in [5.74, 6) is 0.778. The SMILES string of the molecule is Cc1ccc(C)c(N2N=C(C(=O)Nc3ccc4c(c3)OCO4)CCC2=O)c1. The first-order valence-electron chi connectivity index (χ1n) is 8.70. The van der Waals surface area contributed by atoms with Crippen LogP contribution in [0.25, 0.3) is 0 Å². The van der Waals surface area contributed by atoms with E-state index in [1.807, 2.05) is 32.0 Å². The van der Waals surface area contributed by atoms with Crippen molar-refractivity contribution in [3.05, 3.63) is 47.5 Å². The van der Waals surface area contributed by atoms with Crippen molar-refractivity contribution in [2.45, 2.75) is 26.7 Å². The third kappa shape index (κ3) is 3.36. The monoisotopic (exact) mass is 365 g/mol. The third-order valence-corrected chi connectivity index (χ3v) is 4.52. The molecule has 7 nitrogen and oxygen atoms in total. The molecule has 2 heterocycles. The predicted molar refractivity (Wildman–Crippen MR) is 101 cm³/mol. The van der Waals surface area contributed by atoms with Gasteiger partial charge in [0.2, 0.25) is 12.7 Å². The summed E-state index contributed by atoms with van der Waals surface area (Å²) in [6.45, 7) is 4.04. The zero-order chi connectivity index (χ0) is 19.0. The van der Waals surface area contributed by atoms with Gasteiger partial charge in [-0.3, -0.25) is 9.59 Å². The van der Waals surface area contributed by atoms with Crippen LogP contribution in [0.1, 0.15) is 24.0 Å². The van der Waals surface area contributed by atoms with Crippen LogP contribution in [0.3, 0.4) is 0 Å². The van der Waals surface area contributed by atoms with Crippen LogP contribution in [0.5, 0.6) is 11.5 Å². The fourth-order valence-corrected chi connectivity index (χ4v) is 3.03. The molecule has 0 unspecified atom stereocenters. The van der Waals surface area contributed by atoms with Gasteiger partial charge in [0.05, 0.1) is 5.69 Å². The van der Waals surface area contributed by atoms with Gasteiger partial charge in [-0.25, -0.2) is 5.01 Å². The van der Waals surface area contributed by atoms with Gasteiger partial charge in [-0.15, -0.1) is 0 Å². The molecular formula is C20H19N3O4. The fourth-order valence-electron chi connectivity index (χ4n) is 3.03. The predicted octanol–water partition coefficient (Wildman–Crippen LogP) is 3.15. The summed E-state index contributed by atoms with van der Waals surface area (Å²) < 4.78 is 10.6. The van der Waals surface area contributed by atoms with Gasteiger partial charge in [-0.1, -0.05) is 12.1 Å². The Morgan fingerprint density at radius 2 is 1.89 bits per heavy atom. The van der Waals surface area contributed by atoms with E-state index in [0.29, 0.717) is 35.0 Å². The molecule has 2 aliphatic rings. The lowest BCUT2D eigenvalue weighted by atomic mass is 10.1. The van der Waals surface area contributed by atoms with Crippen molar-refractivity contribution in [2.24, 2.45) is 5.10 Å². The average Bonchev–Trinajstić information content (AvgIpc) is 3.12. The van der Waals surface area contributed by atoms with Gasteiger partial charge in [0, 0.05) is 24.6 Å². The zero-order valence-electron chi connectivity index (χ0n) is 15.1. The number of ether oxygens (including phenoxy) is 2. The van der Waals surface area contributed by atoms with E-state index in [2.05, 4.69) is 10.4 Å². The van der Waals surface area contributed by atoms with E-state index in [4.69, 9.17) is 9.47 Å². The number of carbonyl (C=O) groups excluding carboxylic acids is 2. The minimum Gasteiger partial charge on any atom is -0.454 e. The maximum atomic E-state index is 12.7. The van der Waals surface area contributed by atoms with E-state index in [9.17, 15) is 9.59 Å². The number of amides is 2. The van der Waals surface area contributed by atoms with Crippen molar-refractivity contribution in [3.8, 4) is 11.5 Å². The summed E-state index contributed by atoms with van der Waals surface area (Å²) in [7, 11) is 0. The second-order valence-electron chi connectivity index (χ2n) is 6.56. The largest absolute Gasteiger partial charge is 0.454 e. The van der Waals surface area contributed by atoms with Crippen molar-refractivity contribution in [2.75, 3.05) is 17.1 Å². The summed E-state index contributed by atoms with van der Waals surface area (Å²) in [4.78, 5) is 25.0. The highest BCUT2D eigenvalue weighted by Crippen LogP contribution is 2.34. The van der Waals surface area contributed by atoms with Crippen LogP contribution >= 0.6 is 0 Å². The molecule has 2 aliphatic heterocycles. The Hall–Kier alpha value is -3.35. The second kappa shape index (κ2) is 6.75. The zero-order valence-corrected chi connectivity index (χ0v) is 15.1. The molecule has 0 saturated carbocycles. The number of rotatable bonds is 3. The number of benzene rings is 2. The highest BCUT2D eigenvalue weighted by molar-refractivity contribution is 6.44. The number of carbonyl (C=O) groups is 2. The van der Waals surface area contributed by atoms with Crippen LogP contribution in [-0.4, -0.2) is 24.3 Å². The maximum Gasteiger partial charge on any atom is 0.271 e. The van der Waals surface area contributed by atoms with E-state index < -0.39 is 0 Å². The van der Waals surface area contributed by atoms with E-state index in [0.717, 1.165) is 11.1 Å². The number of hydrogen-bond donors (Lipinski definition) is 1. The Balaban J connectivity index is 1.58. The van der Waals surface area contributed by atoms with Crippen LogP contribution in [0.15, 0.2) is 41.5 Å². The molecule has 0 radical (unpaired) electrons. The topological polar surface area (TPSA) is 80.2 Å². The van der Waals surface area contributed by atoms with Crippen LogP contribution in [0.2, 0.25) is 0 Å². The Morgan fingerprint density at radius 1 is 1.07 bits per heavy atom. The number of nitrogens with zero attached hydrogens (tertiary/aromatic N) is 2. The molecule has 0 atom stereocenters. The van der Waals surface area contributed by atoms with Crippen LogP contribution in [0, 0.1) is 13.8 Å². The first-order valence-corrected chi connectivity index (χ1v) is 8.70. The lowest BCUT2D eigenvalue weighted by molar-refractivity contribution is -0.118. The van der Waals surface area contributed by atoms with E-state index in [1.54, 1.807) is 18.2 Å². The average molecular weight is 365 g/mol. The highest BCUT2D eigenvalue weighted by atomic mass is 16.7. The number of aryl methyl sites for hydroxylation is 2. The molecule has 2 aromatic rings. The molecular weight excluding hydrogens is 346 g/mol. The minimum absolute atomic E-state index is 0.122. The quantitative estimate of drug-likeness (QED) is 0.906. The first kappa shape index (κ1) is 17.1. The first-order chi connectivity index (χ1) is 13.0. The molecule has 1 N–H and O–H groups in total. The fraction of sp³-hybridized carbons (Fsp3) is 0.250. The summed E-state index contributed by atoms with van der Waals surface area (Å²) in [5.41, 5.74) is 3.55. The normalized spacial score (nSPS) is 15.6. The molecule has 7 heteroatoms. The molecule has 0 saturated heterocycles. The van der Waals surface area contributed by atoms with E-state index >= 15 is 0 Å². The summed E-state index contributed by atoms with van der Waals surface area (Å²) >= 11 is 0. The summed E-state index contributed by atoms with van der Waals surface area (Å²) in [6.07, 6.45) is 0.539. The number of hydrazone groups is 1. The van der Waals surface area contributed by atoms with E-state index in [1.165, 1.54) is 5.01 Å². The van der Waals surface area contributed by atoms with Crippen molar-refractivity contribution in [1.29, 1.82) is 0 Å². The van der Waals surface area contributed by atoms with Gasteiger partial charge in [-0.05, 0) is 43.2 Å². The summed E-state index contributed by atoms with van der Waals surface area (Å²) in [6, 6.07) is 11.0. The third-order valence-electron chi connectivity index (χ3n) is 4.52. The van der Waals surface area contributed by atoms with Crippen molar-refractivity contribution in [3.63, 3.8) is 0 Å². The molecule has 2 aromatic carbocycles. The smallest absolute Gasteiger partial charge is 0.271 e. The number of nitrogens with one attached hydrogen (secondary N) is 1. The Bertz CT molecular complexity index is 968. The molecule has 27 heavy (non-hydrogen) atoms. The number of fused-ring (bicyclic) bond motifs is 1. The Morgan fingerprint density at radius 3 is 2.74 bits per heavy atom.